The first kappa shape index (κ1) is 14.8. The zero-order valence-electron chi connectivity index (χ0n) is 12.2. The van der Waals surface area contributed by atoms with E-state index in [1.165, 1.54) is 21.2 Å². The molecule has 2 nitrogen and oxygen atoms in total. The summed E-state index contributed by atoms with van der Waals surface area (Å²) in [5, 5.41) is 3.64. The SMILES string of the molecule is CC1NC(COCc2ccccc2)Cc2c(Br)cccc21. The quantitative estimate of drug-likeness (QED) is 0.894. The van der Waals surface area contributed by atoms with E-state index in [9.17, 15) is 0 Å². The summed E-state index contributed by atoms with van der Waals surface area (Å²) >= 11 is 3.67. The third-order valence-corrected chi connectivity index (χ3v) is 4.73. The van der Waals surface area contributed by atoms with Crippen molar-refractivity contribution in [3.63, 3.8) is 0 Å². The van der Waals surface area contributed by atoms with Crippen molar-refractivity contribution in [2.24, 2.45) is 0 Å². The molecule has 21 heavy (non-hydrogen) atoms. The molecule has 1 heterocycles. The lowest BCUT2D eigenvalue weighted by molar-refractivity contribution is 0.0932. The van der Waals surface area contributed by atoms with Crippen LogP contribution in [-0.2, 0) is 17.8 Å². The Hall–Kier alpha value is -1.16. The van der Waals surface area contributed by atoms with Gasteiger partial charge in [-0.3, -0.25) is 0 Å². The maximum atomic E-state index is 5.88. The fourth-order valence-electron chi connectivity index (χ4n) is 2.95. The maximum Gasteiger partial charge on any atom is 0.0717 e. The summed E-state index contributed by atoms with van der Waals surface area (Å²) in [4.78, 5) is 0. The zero-order chi connectivity index (χ0) is 14.7. The summed E-state index contributed by atoms with van der Waals surface area (Å²) in [5.41, 5.74) is 4.03. The predicted molar refractivity (Wildman–Crippen MR) is 89.3 cm³/mol. The summed E-state index contributed by atoms with van der Waals surface area (Å²) in [7, 11) is 0. The van der Waals surface area contributed by atoms with E-state index in [1.807, 2.05) is 18.2 Å². The lowest BCUT2D eigenvalue weighted by Gasteiger charge is -2.32. The highest BCUT2D eigenvalue weighted by Gasteiger charge is 2.24. The first-order chi connectivity index (χ1) is 10.2. The molecule has 1 aliphatic rings. The lowest BCUT2D eigenvalue weighted by atomic mass is 9.91. The molecule has 0 aliphatic carbocycles. The smallest absolute Gasteiger partial charge is 0.0717 e. The van der Waals surface area contributed by atoms with Gasteiger partial charge < -0.3 is 10.1 Å². The number of fused-ring (bicyclic) bond motifs is 1. The van der Waals surface area contributed by atoms with Gasteiger partial charge in [0, 0.05) is 16.6 Å². The van der Waals surface area contributed by atoms with Crippen molar-refractivity contribution in [1.82, 2.24) is 5.32 Å². The summed E-state index contributed by atoms with van der Waals surface area (Å²) < 4.78 is 7.09. The van der Waals surface area contributed by atoms with E-state index < -0.39 is 0 Å². The van der Waals surface area contributed by atoms with Crippen LogP contribution < -0.4 is 5.32 Å². The Morgan fingerprint density at radius 1 is 1.14 bits per heavy atom. The van der Waals surface area contributed by atoms with Crippen molar-refractivity contribution in [3.8, 4) is 0 Å². The lowest BCUT2D eigenvalue weighted by Crippen LogP contribution is -2.41. The van der Waals surface area contributed by atoms with E-state index in [1.54, 1.807) is 0 Å². The van der Waals surface area contributed by atoms with Crippen LogP contribution in [0.4, 0.5) is 0 Å². The van der Waals surface area contributed by atoms with E-state index in [0.29, 0.717) is 18.7 Å². The van der Waals surface area contributed by atoms with Crippen LogP contribution in [0, 0.1) is 0 Å². The van der Waals surface area contributed by atoms with Gasteiger partial charge >= 0.3 is 0 Å². The molecular weight excluding hydrogens is 326 g/mol. The fourth-order valence-corrected chi connectivity index (χ4v) is 3.49. The van der Waals surface area contributed by atoms with Gasteiger partial charge in [0.2, 0.25) is 0 Å². The molecule has 2 aromatic carbocycles. The zero-order valence-corrected chi connectivity index (χ0v) is 13.8. The van der Waals surface area contributed by atoms with Gasteiger partial charge in [0.05, 0.1) is 13.2 Å². The van der Waals surface area contributed by atoms with E-state index in [2.05, 4.69) is 58.5 Å². The average Bonchev–Trinajstić information content (AvgIpc) is 2.50. The van der Waals surface area contributed by atoms with E-state index in [4.69, 9.17) is 4.74 Å². The van der Waals surface area contributed by atoms with Gasteiger partial charge in [-0.2, -0.15) is 0 Å². The normalized spacial score (nSPS) is 21.0. The predicted octanol–water partition coefficient (Wildman–Crippen LogP) is 4.24. The molecule has 2 atom stereocenters. The minimum Gasteiger partial charge on any atom is -0.375 e. The van der Waals surface area contributed by atoms with Crippen LogP contribution in [0.5, 0.6) is 0 Å². The maximum absolute atomic E-state index is 5.88. The highest BCUT2D eigenvalue weighted by molar-refractivity contribution is 9.10. The molecular formula is C18H20BrNO. The molecule has 3 heteroatoms. The first-order valence-electron chi connectivity index (χ1n) is 7.39. The number of hydrogen-bond donors (Lipinski definition) is 1. The van der Waals surface area contributed by atoms with Crippen molar-refractivity contribution in [1.29, 1.82) is 0 Å². The van der Waals surface area contributed by atoms with Crippen LogP contribution in [0.25, 0.3) is 0 Å². The molecule has 0 amide bonds. The Bertz CT molecular complexity index is 599. The van der Waals surface area contributed by atoms with Gasteiger partial charge in [-0.25, -0.2) is 0 Å². The molecule has 1 aliphatic heterocycles. The Balaban J connectivity index is 1.60. The monoisotopic (exact) mass is 345 g/mol. The topological polar surface area (TPSA) is 21.3 Å². The summed E-state index contributed by atoms with van der Waals surface area (Å²) in [6.07, 6.45) is 1.01. The van der Waals surface area contributed by atoms with Gasteiger partial charge in [-0.15, -0.1) is 0 Å². The molecule has 0 radical (unpaired) electrons. The van der Waals surface area contributed by atoms with Gasteiger partial charge in [-0.05, 0) is 36.1 Å². The summed E-state index contributed by atoms with van der Waals surface area (Å²) in [5.74, 6) is 0. The Kier molecular flexibility index (Phi) is 4.73. The van der Waals surface area contributed by atoms with E-state index in [0.717, 1.165) is 13.0 Å². The number of ether oxygens (including phenoxy) is 1. The van der Waals surface area contributed by atoms with Gasteiger partial charge in [-0.1, -0.05) is 58.4 Å². The van der Waals surface area contributed by atoms with Crippen LogP contribution in [0.2, 0.25) is 0 Å². The number of benzene rings is 2. The van der Waals surface area contributed by atoms with E-state index >= 15 is 0 Å². The largest absolute Gasteiger partial charge is 0.375 e. The highest BCUT2D eigenvalue weighted by Crippen LogP contribution is 2.30. The van der Waals surface area contributed by atoms with Gasteiger partial charge in [0.1, 0.15) is 0 Å². The molecule has 0 saturated heterocycles. The Labute approximate surface area is 134 Å². The first-order valence-corrected chi connectivity index (χ1v) is 8.18. The molecule has 0 fully saturated rings. The molecule has 110 valence electrons. The molecule has 0 aromatic heterocycles. The van der Waals surface area contributed by atoms with Gasteiger partial charge in [0.15, 0.2) is 0 Å². The standard InChI is InChI=1S/C18H20BrNO/c1-13-16-8-5-9-18(19)17(16)10-15(20-13)12-21-11-14-6-3-2-4-7-14/h2-9,13,15,20H,10-12H2,1H3. The Morgan fingerprint density at radius 3 is 2.76 bits per heavy atom. The van der Waals surface area contributed by atoms with Crippen LogP contribution in [0.1, 0.15) is 29.7 Å². The average molecular weight is 346 g/mol. The van der Waals surface area contributed by atoms with Crippen LogP contribution >= 0.6 is 15.9 Å². The van der Waals surface area contributed by atoms with Crippen molar-refractivity contribution in [2.75, 3.05) is 6.61 Å². The summed E-state index contributed by atoms with van der Waals surface area (Å²) in [6, 6.07) is 17.5. The number of halogens is 1. The van der Waals surface area contributed by atoms with Crippen molar-refractivity contribution < 1.29 is 4.74 Å². The number of nitrogens with one attached hydrogen (secondary N) is 1. The van der Waals surface area contributed by atoms with Crippen LogP contribution in [-0.4, -0.2) is 12.6 Å². The third-order valence-electron chi connectivity index (χ3n) is 3.99. The minimum absolute atomic E-state index is 0.370. The summed E-state index contributed by atoms with van der Waals surface area (Å²) in [6.45, 7) is 3.63. The molecule has 1 N–H and O–H groups in total. The van der Waals surface area contributed by atoms with Crippen molar-refractivity contribution in [3.05, 3.63) is 69.7 Å². The highest BCUT2D eigenvalue weighted by atomic mass is 79.9. The van der Waals surface area contributed by atoms with Crippen LogP contribution in [0.3, 0.4) is 0 Å². The minimum atomic E-state index is 0.370. The van der Waals surface area contributed by atoms with Gasteiger partial charge in [0.25, 0.3) is 0 Å². The molecule has 0 saturated carbocycles. The van der Waals surface area contributed by atoms with Crippen LogP contribution in [0.15, 0.2) is 53.0 Å². The van der Waals surface area contributed by atoms with E-state index in [-0.39, 0.29) is 0 Å². The molecule has 2 unspecified atom stereocenters. The number of rotatable bonds is 4. The van der Waals surface area contributed by atoms with Crippen molar-refractivity contribution in [2.45, 2.75) is 32.0 Å². The third kappa shape index (κ3) is 3.54. The second-order valence-electron chi connectivity index (χ2n) is 5.60. The second-order valence-corrected chi connectivity index (χ2v) is 6.45. The Morgan fingerprint density at radius 2 is 1.95 bits per heavy atom. The molecule has 3 rings (SSSR count). The molecule has 0 bridgehead atoms. The van der Waals surface area contributed by atoms with Crippen molar-refractivity contribution >= 4 is 15.9 Å². The molecule has 0 spiro atoms. The fraction of sp³-hybridized carbons (Fsp3) is 0.333. The second kappa shape index (κ2) is 6.73. The number of hydrogen-bond acceptors (Lipinski definition) is 2. The molecule has 2 aromatic rings.